The average molecular weight is 479 g/mol. The van der Waals surface area contributed by atoms with Gasteiger partial charge in [-0.25, -0.2) is 0 Å². The number of ether oxygens (including phenoxy) is 1. The lowest BCUT2D eigenvalue weighted by molar-refractivity contribution is -0.146. The van der Waals surface area contributed by atoms with Crippen molar-refractivity contribution in [2.45, 2.75) is 50.4 Å². The summed E-state index contributed by atoms with van der Waals surface area (Å²) in [6.07, 6.45) is 0.160. The maximum Gasteiger partial charge on any atom is 0.406 e. The standard InChI is InChI=1S/C19H22BrF3N2O2S/c1-27-14-4-6-18(7-5-14)9-12-2-3-13(20)8-15(12)16(18)24-17(28)25(11-26)10-19(21,22)23/h2-3,8,11,14,16H,4-7,9-10H2,1H3,(H,24,28). The monoisotopic (exact) mass is 478 g/mol. The molecule has 0 saturated heterocycles. The molecule has 0 aliphatic heterocycles. The molecule has 4 nitrogen and oxygen atoms in total. The number of hydrogen-bond donors (Lipinski definition) is 1. The number of carbonyl (C=O) groups is 1. The van der Waals surface area contributed by atoms with Gasteiger partial charge in [0.15, 0.2) is 5.11 Å². The SMILES string of the molecule is COC1CCC2(CC1)Cc1ccc(Br)cc1C2NC(=S)N(C=O)CC(F)(F)F. The molecule has 2 aliphatic rings. The Morgan fingerprint density at radius 2 is 2.11 bits per heavy atom. The molecule has 0 heterocycles. The summed E-state index contributed by atoms with van der Waals surface area (Å²) in [7, 11) is 1.70. The third kappa shape index (κ3) is 4.52. The van der Waals surface area contributed by atoms with Crippen LogP contribution in [0.15, 0.2) is 22.7 Å². The number of nitrogens with one attached hydrogen (secondary N) is 1. The van der Waals surface area contributed by atoms with E-state index in [-0.39, 0.29) is 29.1 Å². The molecule has 28 heavy (non-hydrogen) atoms. The van der Waals surface area contributed by atoms with Crippen molar-refractivity contribution in [3.05, 3.63) is 33.8 Å². The van der Waals surface area contributed by atoms with Crippen LogP contribution in [-0.2, 0) is 16.0 Å². The Bertz CT molecular complexity index is 751. The van der Waals surface area contributed by atoms with E-state index in [1.54, 1.807) is 7.11 Å². The molecule has 1 fully saturated rings. The normalized spacial score (nSPS) is 26.8. The number of methoxy groups -OCH3 is 1. The second-order valence-electron chi connectivity index (χ2n) is 7.55. The van der Waals surface area contributed by atoms with Crippen LogP contribution in [0.4, 0.5) is 13.2 Å². The molecule has 1 unspecified atom stereocenters. The van der Waals surface area contributed by atoms with Crippen LogP contribution in [0.2, 0.25) is 0 Å². The third-order valence-electron chi connectivity index (χ3n) is 5.84. The third-order valence-corrected chi connectivity index (χ3v) is 6.69. The summed E-state index contributed by atoms with van der Waals surface area (Å²) >= 11 is 8.67. The highest BCUT2D eigenvalue weighted by Crippen LogP contribution is 2.54. The fourth-order valence-electron chi connectivity index (χ4n) is 4.46. The van der Waals surface area contributed by atoms with Gasteiger partial charge in [0.2, 0.25) is 6.41 Å². The maximum absolute atomic E-state index is 12.8. The van der Waals surface area contributed by atoms with Gasteiger partial charge in [0.25, 0.3) is 0 Å². The molecule has 1 aromatic carbocycles. The van der Waals surface area contributed by atoms with E-state index in [2.05, 4.69) is 21.2 Å². The van der Waals surface area contributed by atoms with Crippen LogP contribution in [0.25, 0.3) is 0 Å². The Labute approximate surface area is 175 Å². The van der Waals surface area contributed by atoms with Crippen LogP contribution >= 0.6 is 28.1 Å². The molecule has 2 aliphatic carbocycles. The predicted octanol–water partition coefficient (Wildman–Crippen LogP) is 4.52. The van der Waals surface area contributed by atoms with Gasteiger partial charge in [-0.05, 0) is 73.0 Å². The molecule has 154 valence electrons. The van der Waals surface area contributed by atoms with Crippen LogP contribution in [-0.4, -0.2) is 42.4 Å². The van der Waals surface area contributed by atoms with E-state index in [1.807, 2.05) is 18.2 Å². The molecule has 0 bridgehead atoms. The van der Waals surface area contributed by atoms with Gasteiger partial charge in [-0.1, -0.05) is 22.0 Å². The number of benzene rings is 1. The number of alkyl halides is 3. The molecule has 1 aromatic rings. The summed E-state index contributed by atoms with van der Waals surface area (Å²) in [6, 6.07) is 5.75. The highest BCUT2D eigenvalue weighted by Gasteiger charge is 2.48. The summed E-state index contributed by atoms with van der Waals surface area (Å²) in [6.45, 7) is -1.40. The number of thiocarbonyl (C=S) groups is 1. The van der Waals surface area contributed by atoms with Gasteiger partial charge in [0.1, 0.15) is 6.54 Å². The summed E-state index contributed by atoms with van der Waals surface area (Å²) in [5.41, 5.74) is 2.02. The van der Waals surface area contributed by atoms with Gasteiger partial charge in [-0.2, -0.15) is 13.2 Å². The molecule has 1 atom stereocenters. The quantitative estimate of drug-likeness (QED) is 0.510. The van der Waals surface area contributed by atoms with Gasteiger partial charge < -0.3 is 10.1 Å². The number of halogens is 4. The first-order chi connectivity index (χ1) is 13.2. The average Bonchev–Trinajstić information content (AvgIpc) is 2.92. The first kappa shape index (κ1) is 21.5. The van der Waals surface area contributed by atoms with Gasteiger partial charge in [-0.3, -0.25) is 9.69 Å². The van der Waals surface area contributed by atoms with Gasteiger partial charge in [0.05, 0.1) is 12.1 Å². The lowest BCUT2D eigenvalue weighted by Gasteiger charge is -2.42. The Morgan fingerprint density at radius 1 is 1.43 bits per heavy atom. The van der Waals surface area contributed by atoms with E-state index >= 15 is 0 Å². The van der Waals surface area contributed by atoms with Crippen LogP contribution in [0.3, 0.4) is 0 Å². The van der Waals surface area contributed by atoms with Crippen molar-refractivity contribution in [3.63, 3.8) is 0 Å². The fraction of sp³-hybridized carbons (Fsp3) is 0.579. The minimum absolute atomic E-state index is 0.133. The van der Waals surface area contributed by atoms with Gasteiger partial charge in [-0.15, -0.1) is 0 Å². The number of nitrogens with zero attached hydrogens (tertiary/aromatic N) is 1. The highest BCUT2D eigenvalue weighted by atomic mass is 79.9. The van der Waals surface area contributed by atoms with Crippen molar-refractivity contribution in [1.82, 2.24) is 10.2 Å². The van der Waals surface area contributed by atoms with Crippen molar-refractivity contribution in [3.8, 4) is 0 Å². The van der Waals surface area contributed by atoms with Crippen molar-refractivity contribution in [2.75, 3.05) is 13.7 Å². The van der Waals surface area contributed by atoms with Crippen molar-refractivity contribution < 1.29 is 22.7 Å². The molecule has 9 heteroatoms. The van der Waals surface area contributed by atoms with Gasteiger partial charge in [0, 0.05) is 11.6 Å². The molecule has 0 aromatic heterocycles. The number of fused-ring (bicyclic) bond motifs is 1. The zero-order valence-electron chi connectivity index (χ0n) is 15.4. The fourth-order valence-corrected chi connectivity index (χ4v) is 5.07. The van der Waals surface area contributed by atoms with Crippen molar-refractivity contribution in [1.29, 1.82) is 0 Å². The Kier molecular flexibility index (Phi) is 6.36. The maximum atomic E-state index is 12.8. The first-order valence-electron chi connectivity index (χ1n) is 9.08. The van der Waals surface area contributed by atoms with Crippen LogP contribution in [0.1, 0.15) is 42.9 Å². The van der Waals surface area contributed by atoms with E-state index in [0.29, 0.717) is 4.90 Å². The van der Waals surface area contributed by atoms with E-state index in [4.69, 9.17) is 17.0 Å². The van der Waals surface area contributed by atoms with Crippen LogP contribution in [0.5, 0.6) is 0 Å². The van der Waals surface area contributed by atoms with Crippen molar-refractivity contribution >= 4 is 39.7 Å². The van der Waals surface area contributed by atoms with E-state index < -0.39 is 12.7 Å². The topological polar surface area (TPSA) is 41.6 Å². The minimum atomic E-state index is -4.52. The van der Waals surface area contributed by atoms with Crippen LogP contribution < -0.4 is 5.32 Å². The van der Waals surface area contributed by atoms with Gasteiger partial charge >= 0.3 is 6.18 Å². The molecule has 1 spiro atoms. The van der Waals surface area contributed by atoms with E-state index in [1.165, 1.54) is 0 Å². The largest absolute Gasteiger partial charge is 0.406 e. The summed E-state index contributed by atoms with van der Waals surface area (Å²) in [4.78, 5) is 11.7. The Hall–Kier alpha value is -1.19. The Morgan fingerprint density at radius 3 is 2.68 bits per heavy atom. The molecule has 1 saturated carbocycles. The highest BCUT2D eigenvalue weighted by molar-refractivity contribution is 9.10. The second kappa shape index (κ2) is 8.28. The molecule has 1 amide bonds. The molecule has 1 N–H and O–H groups in total. The number of rotatable bonds is 4. The summed E-state index contributed by atoms with van der Waals surface area (Å²) in [5, 5.41) is 2.90. The number of carbonyl (C=O) groups excluding carboxylic acids is 1. The molecule has 3 rings (SSSR count). The lowest BCUT2D eigenvalue weighted by atomic mass is 9.68. The zero-order valence-corrected chi connectivity index (χ0v) is 17.8. The second-order valence-corrected chi connectivity index (χ2v) is 8.85. The van der Waals surface area contributed by atoms with Crippen LogP contribution in [0, 0.1) is 5.41 Å². The first-order valence-corrected chi connectivity index (χ1v) is 10.3. The summed E-state index contributed by atoms with van der Waals surface area (Å²) < 4.78 is 44.7. The van der Waals surface area contributed by atoms with E-state index in [0.717, 1.165) is 47.7 Å². The molecular formula is C19H22BrF3N2O2S. The van der Waals surface area contributed by atoms with E-state index in [9.17, 15) is 18.0 Å². The molecule has 0 radical (unpaired) electrons. The summed E-state index contributed by atoms with van der Waals surface area (Å²) in [5.74, 6) is 0. The Balaban J connectivity index is 1.87. The lowest BCUT2D eigenvalue weighted by Crippen LogP contribution is -2.48. The minimum Gasteiger partial charge on any atom is -0.381 e. The zero-order chi connectivity index (χ0) is 20.5. The van der Waals surface area contributed by atoms with Crippen molar-refractivity contribution in [2.24, 2.45) is 5.41 Å². The molecular weight excluding hydrogens is 457 g/mol. The predicted molar refractivity (Wildman–Crippen MR) is 107 cm³/mol. The smallest absolute Gasteiger partial charge is 0.381 e. The number of amides is 1. The number of hydrogen-bond acceptors (Lipinski definition) is 3.